The molecule has 24 heavy (non-hydrogen) atoms. The summed E-state index contributed by atoms with van der Waals surface area (Å²) in [5.74, 6) is -0.207. The largest absolute Gasteiger partial charge is 0.506 e. The lowest BCUT2D eigenvalue weighted by Crippen LogP contribution is -2.16. The summed E-state index contributed by atoms with van der Waals surface area (Å²) < 4.78 is 1.82. The molecule has 0 aliphatic heterocycles. The van der Waals surface area contributed by atoms with Gasteiger partial charge in [0.15, 0.2) is 0 Å². The minimum absolute atomic E-state index is 0.0605. The number of anilines is 1. The lowest BCUT2D eigenvalue weighted by atomic mass is 10.2. The van der Waals surface area contributed by atoms with Crippen molar-refractivity contribution in [2.45, 2.75) is 33.6 Å². The Morgan fingerprint density at radius 3 is 2.67 bits per heavy atom. The first kappa shape index (κ1) is 16.1. The second kappa shape index (κ2) is 6.35. The van der Waals surface area contributed by atoms with E-state index in [-0.39, 0.29) is 11.7 Å². The summed E-state index contributed by atoms with van der Waals surface area (Å²) in [5, 5.41) is 12.8. The summed E-state index contributed by atoms with van der Waals surface area (Å²) in [6.45, 7) is 5.92. The zero-order valence-electron chi connectivity index (χ0n) is 14.1. The Kier molecular flexibility index (Phi) is 4.25. The molecule has 2 N–H and O–H groups in total. The number of pyridine rings is 1. The fourth-order valence-electron chi connectivity index (χ4n) is 2.78. The van der Waals surface area contributed by atoms with Crippen LogP contribution in [0.4, 0.5) is 5.69 Å². The number of nitrogens with zero attached hydrogens (tertiary/aromatic N) is 2. The number of hydrogen-bond acceptors (Lipinski definition) is 3. The van der Waals surface area contributed by atoms with Crippen molar-refractivity contribution in [2.24, 2.45) is 0 Å². The van der Waals surface area contributed by atoms with Gasteiger partial charge in [0.25, 0.3) is 5.91 Å². The van der Waals surface area contributed by atoms with Crippen LogP contribution in [-0.2, 0) is 6.42 Å². The fourth-order valence-corrected chi connectivity index (χ4v) is 2.78. The lowest BCUT2D eigenvalue weighted by molar-refractivity contribution is 0.102. The van der Waals surface area contributed by atoms with Gasteiger partial charge in [0.1, 0.15) is 17.1 Å². The number of rotatable bonds is 4. The van der Waals surface area contributed by atoms with E-state index in [0.29, 0.717) is 11.4 Å². The molecule has 5 nitrogen and oxygen atoms in total. The number of carbonyl (C=O) groups is 1. The van der Waals surface area contributed by atoms with Crippen LogP contribution in [0.3, 0.4) is 0 Å². The van der Waals surface area contributed by atoms with E-state index in [9.17, 15) is 9.90 Å². The number of carbonyl (C=O) groups excluding carboxylic acids is 1. The highest BCUT2D eigenvalue weighted by atomic mass is 16.3. The van der Waals surface area contributed by atoms with E-state index in [1.165, 1.54) is 0 Å². The topological polar surface area (TPSA) is 66.6 Å². The monoisotopic (exact) mass is 323 g/mol. The van der Waals surface area contributed by atoms with E-state index in [1.807, 2.05) is 42.6 Å². The number of fused-ring (bicyclic) bond motifs is 1. The maximum Gasteiger partial charge on any atom is 0.274 e. The van der Waals surface area contributed by atoms with Gasteiger partial charge in [-0.3, -0.25) is 9.20 Å². The predicted octanol–water partition coefficient (Wildman–Crippen LogP) is 3.86. The molecule has 3 rings (SSSR count). The fraction of sp³-hybridized carbons (Fsp3) is 0.263. The highest BCUT2D eigenvalue weighted by molar-refractivity contribution is 6.05. The number of aromatic hydroxyl groups is 1. The van der Waals surface area contributed by atoms with Crippen LogP contribution >= 0.6 is 0 Å². The van der Waals surface area contributed by atoms with Crippen LogP contribution in [0.2, 0.25) is 0 Å². The van der Waals surface area contributed by atoms with E-state index in [2.05, 4.69) is 17.2 Å². The Hall–Kier alpha value is -2.82. The number of aryl methyl sites for hydroxylation is 3. The normalized spacial score (nSPS) is 11.0. The van der Waals surface area contributed by atoms with Gasteiger partial charge in [0, 0.05) is 6.20 Å². The third-order valence-electron chi connectivity index (χ3n) is 3.94. The quantitative estimate of drug-likeness (QED) is 0.716. The van der Waals surface area contributed by atoms with Gasteiger partial charge in [-0.25, -0.2) is 4.98 Å². The Morgan fingerprint density at radius 1 is 1.21 bits per heavy atom. The highest BCUT2D eigenvalue weighted by Gasteiger charge is 2.19. The number of phenolic OH excluding ortho intramolecular Hbond substituents is 1. The molecule has 0 atom stereocenters. The molecule has 0 aliphatic rings. The zero-order chi connectivity index (χ0) is 17.3. The molecule has 0 aliphatic carbocycles. The third kappa shape index (κ3) is 2.97. The first-order valence-electron chi connectivity index (χ1n) is 8.08. The van der Waals surface area contributed by atoms with Crippen LogP contribution in [-0.4, -0.2) is 20.4 Å². The van der Waals surface area contributed by atoms with E-state index in [0.717, 1.165) is 35.3 Å². The van der Waals surface area contributed by atoms with Crippen LogP contribution in [0.1, 0.15) is 40.7 Å². The van der Waals surface area contributed by atoms with Gasteiger partial charge in [-0.2, -0.15) is 0 Å². The summed E-state index contributed by atoms with van der Waals surface area (Å²) in [6.07, 6.45) is 3.54. The molecule has 0 unspecified atom stereocenters. The second-order valence-corrected chi connectivity index (χ2v) is 6.07. The maximum absolute atomic E-state index is 12.9. The standard InChI is InChI=1S/C19H21N3O2/c1-4-5-15-18(22-11-13(3)7-9-17(22)20-15)19(24)21-14-8-6-12(2)10-16(14)23/h6-11,23H,4-5H2,1-3H3,(H,21,24). The summed E-state index contributed by atoms with van der Waals surface area (Å²) in [7, 11) is 0. The molecule has 3 aromatic rings. The zero-order valence-corrected chi connectivity index (χ0v) is 14.1. The summed E-state index contributed by atoms with van der Waals surface area (Å²) in [6, 6.07) is 9.07. The smallest absolute Gasteiger partial charge is 0.274 e. The number of hydrogen-bond donors (Lipinski definition) is 2. The van der Waals surface area contributed by atoms with E-state index in [4.69, 9.17) is 0 Å². The van der Waals surface area contributed by atoms with Gasteiger partial charge >= 0.3 is 0 Å². The molecule has 1 aromatic carbocycles. The molecule has 124 valence electrons. The van der Waals surface area contributed by atoms with Crippen molar-refractivity contribution in [2.75, 3.05) is 5.32 Å². The van der Waals surface area contributed by atoms with Gasteiger partial charge in [-0.1, -0.05) is 25.5 Å². The van der Waals surface area contributed by atoms with Crippen molar-refractivity contribution in [1.82, 2.24) is 9.38 Å². The maximum atomic E-state index is 12.9. The van der Waals surface area contributed by atoms with E-state index >= 15 is 0 Å². The molecule has 0 fully saturated rings. The lowest BCUT2D eigenvalue weighted by Gasteiger charge is -2.09. The van der Waals surface area contributed by atoms with Crippen LogP contribution in [0.25, 0.3) is 5.65 Å². The Balaban J connectivity index is 2.04. The molecule has 2 aromatic heterocycles. The number of aromatic nitrogens is 2. The Morgan fingerprint density at radius 2 is 1.96 bits per heavy atom. The van der Waals surface area contributed by atoms with Crippen molar-refractivity contribution in [1.29, 1.82) is 0 Å². The van der Waals surface area contributed by atoms with Crippen LogP contribution in [0.15, 0.2) is 36.5 Å². The molecule has 0 saturated heterocycles. The van der Waals surface area contributed by atoms with Crippen molar-refractivity contribution in [3.63, 3.8) is 0 Å². The van der Waals surface area contributed by atoms with Gasteiger partial charge in [-0.15, -0.1) is 0 Å². The Labute approximate surface area is 141 Å². The minimum Gasteiger partial charge on any atom is -0.506 e. The summed E-state index contributed by atoms with van der Waals surface area (Å²) in [4.78, 5) is 17.4. The van der Waals surface area contributed by atoms with E-state index in [1.54, 1.807) is 12.1 Å². The number of nitrogens with one attached hydrogen (secondary N) is 1. The molecule has 2 heterocycles. The number of phenols is 1. The van der Waals surface area contributed by atoms with Crippen molar-refractivity contribution >= 4 is 17.2 Å². The minimum atomic E-state index is -0.268. The first-order chi connectivity index (χ1) is 11.5. The van der Waals surface area contributed by atoms with Crippen LogP contribution in [0.5, 0.6) is 5.75 Å². The van der Waals surface area contributed by atoms with Gasteiger partial charge in [0.2, 0.25) is 0 Å². The van der Waals surface area contributed by atoms with Crippen molar-refractivity contribution in [3.05, 3.63) is 59.0 Å². The molecule has 0 radical (unpaired) electrons. The average molecular weight is 323 g/mol. The van der Waals surface area contributed by atoms with Gasteiger partial charge in [0.05, 0.1) is 11.4 Å². The third-order valence-corrected chi connectivity index (χ3v) is 3.94. The number of imidazole rings is 1. The predicted molar refractivity (Wildman–Crippen MR) is 94.7 cm³/mol. The average Bonchev–Trinajstić information content (AvgIpc) is 2.87. The second-order valence-electron chi connectivity index (χ2n) is 6.07. The van der Waals surface area contributed by atoms with Gasteiger partial charge < -0.3 is 10.4 Å². The number of benzene rings is 1. The number of amides is 1. The highest BCUT2D eigenvalue weighted by Crippen LogP contribution is 2.25. The molecule has 1 amide bonds. The van der Waals surface area contributed by atoms with Crippen LogP contribution < -0.4 is 5.32 Å². The van der Waals surface area contributed by atoms with Gasteiger partial charge in [-0.05, 0) is 49.6 Å². The molecular formula is C19H21N3O2. The molecule has 0 bridgehead atoms. The van der Waals surface area contributed by atoms with Crippen LogP contribution in [0, 0.1) is 13.8 Å². The SMILES string of the molecule is CCCc1nc2ccc(C)cn2c1C(=O)Nc1ccc(C)cc1O. The molecule has 0 saturated carbocycles. The Bertz CT molecular complexity index is 912. The summed E-state index contributed by atoms with van der Waals surface area (Å²) in [5.41, 5.74) is 4.43. The first-order valence-corrected chi connectivity index (χ1v) is 8.08. The molecule has 5 heteroatoms. The molecule has 0 spiro atoms. The van der Waals surface area contributed by atoms with Crippen molar-refractivity contribution in [3.8, 4) is 5.75 Å². The van der Waals surface area contributed by atoms with E-state index < -0.39 is 0 Å². The van der Waals surface area contributed by atoms with Crippen molar-refractivity contribution < 1.29 is 9.90 Å². The summed E-state index contributed by atoms with van der Waals surface area (Å²) >= 11 is 0. The molecular weight excluding hydrogens is 302 g/mol.